The molecular formula is C6H5N3S. The summed E-state index contributed by atoms with van der Waals surface area (Å²) in [5, 5.41) is 2.95. The summed E-state index contributed by atoms with van der Waals surface area (Å²) in [6.45, 7) is 0. The number of nitrogens with one attached hydrogen (secondary N) is 1. The van der Waals surface area contributed by atoms with Crippen LogP contribution in [0, 0.1) is 4.64 Å². The van der Waals surface area contributed by atoms with E-state index in [2.05, 4.69) is 10.1 Å². The molecule has 2 aromatic rings. The van der Waals surface area contributed by atoms with Crippen LogP contribution in [0.1, 0.15) is 0 Å². The van der Waals surface area contributed by atoms with Gasteiger partial charge in [-0.3, -0.25) is 0 Å². The van der Waals surface area contributed by atoms with E-state index in [1.54, 1.807) is 10.6 Å². The lowest BCUT2D eigenvalue weighted by Crippen LogP contribution is -1.87. The van der Waals surface area contributed by atoms with Gasteiger partial charge in [-0.25, -0.2) is 9.50 Å². The lowest BCUT2D eigenvalue weighted by atomic mass is 10.6. The molecule has 0 aliphatic heterocycles. The third kappa shape index (κ3) is 0.733. The zero-order valence-corrected chi connectivity index (χ0v) is 5.93. The van der Waals surface area contributed by atoms with Crippen molar-refractivity contribution >= 4 is 17.9 Å². The lowest BCUT2D eigenvalue weighted by Gasteiger charge is -1.88. The molecule has 0 bridgehead atoms. The van der Waals surface area contributed by atoms with E-state index in [1.807, 2.05) is 18.5 Å². The summed E-state index contributed by atoms with van der Waals surface area (Å²) in [6, 6.07) is 3.65. The van der Waals surface area contributed by atoms with Crippen LogP contribution in [0.3, 0.4) is 0 Å². The number of hydrogen-bond donors (Lipinski definition) is 1. The monoisotopic (exact) mass is 151 g/mol. The molecule has 0 saturated carbocycles. The van der Waals surface area contributed by atoms with Crippen molar-refractivity contribution in [3.63, 3.8) is 0 Å². The minimum absolute atomic E-state index is 0.625. The third-order valence-electron chi connectivity index (χ3n) is 1.28. The Bertz CT molecular complexity index is 400. The topological polar surface area (TPSA) is 33.1 Å². The van der Waals surface area contributed by atoms with Gasteiger partial charge in [-0.15, -0.1) is 0 Å². The zero-order valence-electron chi connectivity index (χ0n) is 5.11. The van der Waals surface area contributed by atoms with Gasteiger partial charge in [0.25, 0.3) is 0 Å². The highest BCUT2D eigenvalue weighted by Gasteiger charge is 1.88. The minimum atomic E-state index is 0.625. The van der Waals surface area contributed by atoms with Crippen LogP contribution in [0.2, 0.25) is 0 Å². The van der Waals surface area contributed by atoms with Crippen LogP contribution in [-0.2, 0) is 0 Å². The Balaban J connectivity index is 2.99. The maximum absolute atomic E-state index is 4.87. The van der Waals surface area contributed by atoms with Crippen LogP contribution in [-0.4, -0.2) is 14.6 Å². The molecule has 10 heavy (non-hydrogen) atoms. The number of fused-ring (bicyclic) bond motifs is 1. The molecule has 0 unspecified atom stereocenters. The highest BCUT2D eigenvalue weighted by molar-refractivity contribution is 7.71. The summed E-state index contributed by atoms with van der Waals surface area (Å²) >= 11 is 4.87. The standard InChI is InChI=1S/C6H5N3S/c10-6-2-4-9-5(8-6)1-3-7-9/h1-4,7H. The van der Waals surface area contributed by atoms with E-state index in [1.165, 1.54) is 0 Å². The molecule has 2 aromatic heterocycles. The highest BCUT2D eigenvalue weighted by atomic mass is 32.1. The van der Waals surface area contributed by atoms with Gasteiger partial charge in [0.1, 0.15) is 4.64 Å². The Hall–Kier alpha value is -1.16. The van der Waals surface area contributed by atoms with Crippen molar-refractivity contribution in [1.29, 1.82) is 0 Å². The maximum Gasteiger partial charge on any atom is 0.154 e. The van der Waals surface area contributed by atoms with Crippen molar-refractivity contribution in [3.8, 4) is 0 Å². The van der Waals surface area contributed by atoms with Crippen LogP contribution in [0.15, 0.2) is 24.5 Å². The van der Waals surface area contributed by atoms with Crippen molar-refractivity contribution < 1.29 is 0 Å². The molecule has 0 radical (unpaired) electrons. The molecule has 0 spiro atoms. The van der Waals surface area contributed by atoms with Gasteiger partial charge in [-0.05, 0) is 6.07 Å². The first-order valence-electron chi connectivity index (χ1n) is 2.89. The van der Waals surface area contributed by atoms with Crippen molar-refractivity contribution in [2.75, 3.05) is 0 Å². The fourth-order valence-corrected chi connectivity index (χ4v) is 0.992. The molecule has 0 fully saturated rings. The quantitative estimate of drug-likeness (QED) is 0.577. The van der Waals surface area contributed by atoms with Crippen LogP contribution in [0.4, 0.5) is 0 Å². The predicted octanol–water partition coefficient (Wildman–Crippen LogP) is 1.39. The van der Waals surface area contributed by atoms with Gasteiger partial charge in [0.15, 0.2) is 5.65 Å². The summed E-state index contributed by atoms with van der Waals surface area (Å²) in [5.74, 6) is 0. The van der Waals surface area contributed by atoms with E-state index in [0.717, 1.165) is 5.65 Å². The van der Waals surface area contributed by atoms with Gasteiger partial charge in [-0.1, -0.05) is 12.2 Å². The molecule has 2 rings (SSSR count). The molecule has 0 aliphatic carbocycles. The molecule has 4 heteroatoms. The summed E-state index contributed by atoms with van der Waals surface area (Å²) in [6.07, 6.45) is 3.67. The Labute approximate surface area is 62.3 Å². The summed E-state index contributed by atoms with van der Waals surface area (Å²) in [5.41, 5.74) is 0.854. The second-order valence-corrected chi connectivity index (χ2v) is 2.37. The lowest BCUT2D eigenvalue weighted by molar-refractivity contribution is 0.936. The maximum atomic E-state index is 4.87. The summed E-state index contributed by atoms with van der Waals surface area (Å²) in [4.78, 5) is 4.08. The van der Waals surface area contributed by atoms with Gasteiger partial charge in [-0.2, -0.15) is 0 Å². The molecule has 0 saturated heterocycles. The first-order valence-corrected chi connectivity index (χ1v) is 3.30. The Morgan fingerprint density at radius 3 is 3.30 bits per heavy atom. The Kier molecular flexibility index (Phi) is 1.07. The molecule has 2 heterocycles. The van der Waals surface area contributed by atoms with Gasteiger partial charge >= 0.3 is 0 Å². The van der Waals surface area contributed by atoms with Crippen LogP contribution < -0.4 is 0 Å². The molecule has 0 aromatic carbocycles. The molecule has 0 aliphatic rings. The Morgan fingerprint density at radius 1 is 1.50 bits per heavy atom. The smallest absolute Gasteiger partial charge is 0.154 e. The van der Waals surface area contributed by atoms with Gasteiger partial charge in [0.05, 0.1) is 0 Å². The molecule has 0 atom stereocenters. The number of nitrogens with zero attached hydrogens (tertiary/aromatic N) is 2. The van der Waals surface area contributed by atoms with Crippen molar-refractivity contribution in [3.05, 3.63) is 29.2 Å². The minimum Gasteiger partial charge on any atom is -0.300 e. The second-order valence-electron chi connectivity index (χ2n) is 1.96. The van der Waals surface area contributed by atoms with Gasteiger partial charge in [0.2, 0.25) is 0 Å². The molecule has 50 valence electrons. The average molecular weight is 151 g/mol. The number of aromatic amines is 1. The second kappa shape index (κ2) is 1.91. The molecule has 0 amide bonds. The first-order chi connectivity index (χ1) is 4.86. The summed E-state index contributed by atoms with van der Waals surface area (Å²) < 4.78 is 2.43. The zero-order chi connectivity index (χ0) is 6.97. The van der Waals surface area contributed by atoms with E-state index in [-0.39, 0.29) is 0 Å². The van der Waals surface area contributed by atoms with E-state index in [0.29, 0.717) is 4.64 Å². The van der Waals surface area contributed by atoms with Crippen LogP contribution in [0.5, 0.6) is 0 Å². The van der Waals surface area contributed by atoms with Gasteiger partial charge < -0.3 is 5.10 Å². The number of rotatable bonds is 0. The average Bonchev–Trinajstić information content (AvgIpc) is 2.33. The van der Waals surface area contributed by atoms with E-state index < -0.39 is 0 Å². The van der Waals surface area contributed by atoms with Gasteiger partial charge in [0, 0.05) is 18.5 Å². The molecule has 3 nitrogen and oxygen atoms in total. The predicted molar refractivity (Wildman–Crippen MR) is 40.4 cm³/mol. The molecule has 1 N–H and O–H groups in total. The van der Waals surface area contributed by atoms with Crippen molar-refractivity contribution in [1.82, 2.24) is 14.6 Å². The fourth-order valence-electron chi connectivity index (χ4n) is 0.838. The van der Waals surface area contributed by atoms with E-state index in [9.17, 15) is 0 Å². The van der Waals surface area contributed by atoms with E-state index in [4.69, 9.17) is 12.2 Å². The summed E-state index contributed by atoms with van der Waals surface area (Å²) in [7, 11) is 0. The molecular weight excluding hydrogens is 146 g/mol. The Morgan fingerprint density at radius 2 is 2.40 bits per heavy atom. The van der Waals surface area contributed by atoms with Crippen molar-refractivity contribution in [2.45, 2.75) is 0 Å². The van der Waals surface area contributed by atoms with E-state index >= 15 is 0 Å². The number of H-pyrrole nitrogens is 1. The number of hydrogen-bond acceptors (Lipinski definition) is 2. The largest absolute Gasteiger partial charge is 0.300 e. The normalized spacial score (nSPS) is 10.4. The first kappa shape index (κ1) is 5.61. The highest BCUT2D eigenvalue weighted by Crippen LogP contribution is 1.95. The third-order valence-corrected chi connectivity index (χ3v) is 1.51. The number of aromatic nitrogens is 3. The SMILES string of the molecule is S=c1ccn2[nH]ccc2n1. The van der Waals surface area contributed by atoms with Crippen LogP contribution in [0.25, 0.3) is 5.65 Å². The fraction of sp³-hybridized carbons (Fsp3) is 0. The van der Waals surface area contributed by atoms with Crippen LogP contribution >= 0.6 is 12.2 Å². The van der Waals surface area contributed by atoms with Crippen molar-refractivity contribution in [2.24, 2.45) is 0 Å².